The lowest BCUT2D eigenvalue weighted by atomic mass is 9.89. The summed E-state index contributed by atoms with van der Waals surface area (Å²) < 4.78 is 19.5. The van der Waals surface area contributed by atoms with Gasteiger partial charge in [-0.15, -0.1) is 0 Å². The van der Waals surface area contributed by atoms with E-state index in [1.807, 2.05) is 6.92 Å². The summed E-state index contributed by atoms with van der Waals surface area (Å²) in [6.07, 6.45) is 2.86. The Labute approximate surface area is 112 Å². The van der Waals surface area contributed by atoms with E-state index < -0.39 is 0 Å². The number of hydrogen-bond donors (Lipinski definition) is 1. The first kappa shape index (κ1) is 13.6. The minimum atomic E-state index is -0.322. The Morgan fingerprint density at radius 2 is 2.11 bits per heavy atom. The zero-order valence-electron chi connectivity index (χ0n) is 10.9. The van der Waals surface area contributed by atoms with Gasteiger partial charge in [0.15, 0.2) is 0 Å². The molecule has 0 amide bonds. The van der Waals surface area contributed by atoms with Crippen LogP contribution in [-0.4, -0.2) is 20.2 Å². The van der Waals surface area contributed by atoms with Crippen molar-refractivity contribution in [3.8, 4) is 5.75 Å². The molecule has 0 radical (unpaired) electrons. The molecule has 0 aromatic heterocycles. The highest BCUT2D eigenvalue weighted by molar-refractivity contribution is 6.30. The molecule has 1 heterocycles. The number of methoxy groups -OCH3 is 1. The van der Waals surface area contributed by atoms with Crippen molar-refractivity contribution in [3.05, 3.63) is 28.0 Å². The SMILES string of the molecule is COc1c(C)cc(Cl)c(F)c1CC1CCNCC1. The van der Waals surface area contributed by atoms with E-state index in [-0.39, 0.29) is 10.8 Å². The molecule has 1 aromatic rings. The fourth-order valence-electron chi connectivity index (χ4n) is 2.64. The van der Waals surface area contributed by atoms with Gasteiger partial charge in [-0.25, -0.2) is 4.39 Å². The second kappa shape index (κ2) is 5.89. The molecule has 1 N–H and O–H groups in total. The van der Waals surface area contributed by atoms with Crippen LogP contribution in [0.3, 0.4) is 0 Å². The van der Waals surface area contributed by atoms with Gasteiger partial charge < -0.3 is 10.1 Å². The van der Waals surface area contributed by atoms with Gasteiger partial charge in [0.05, 0.1) is 12.1 Å². The van der Waals surface area contributed by atoms with Crippen LogP contribution in [0.25, 0.3) is 0 Å². The van der Waals surface area contributed by atoms with Crippen molar-refractivity contribution in [2.24, 2.45) is 5.92 Å². The maximum atomic E-state index is 14.2. The van der Waals surface area contributed by atoms with E-state index in [2.05, 4.69) is 5.32 Å². The fraction of sp³-hybridized carbons (Fsp3) is 0.571. The second-order valence-corrected chi connectivity index (χ2v) is 5.31. The van der Waals surface area contributed by atoms with Crippen LogP contribution >= 0.6 is 11.6 Å². The predicted octanol–water partition coefficient (Wildman–Crippen LogP) is 3.34. The van der Waals surface area contributed by atoms with Crippen molar-refractivity contribution in [2.75, 3.05) is 20.2 Å². The smallest absolute Gasteiger partial charge is 0.148 e. The van der Waals surface area contributed by atoms with E-state index in [4.69, 9.17) is 16.3 Å². The molecule has 1 aliphatic heterocycles. The van der Waals surface area contributed by atoms with Crippen molar-refractivity contribution in [3.63, 3.8) is 0 Å². The van der Waals surface area contributed by atoms with Crippen molar-refractivity contribution in [1.82, 2.24) is 5.32 Å². The predicted molar refractivity (Wildman–Crippen MR) is 72.0 cm³/mol. The molecule has 1 aliphatic rings. The molecule has 4 heteroatoms. The highest BCUT2D eigenvalue weighted by Gasteiger charge is 2.21. The van der Waals surface area contributed by atoms with Gasteiger partial charge in [0.1, 0.15) is 11.6 Å². The maximum Gasteiger partial charge on any atom is 0.148 e. The third-order valence-electron chi connectivity index (χ3n) is 3.61. The molecule has 0 aliphatic carbocycles. The molecule has 0 saturated carbocycles. The zero-order valence-corrected chi connectivity index (χ0v) is 11.6. The van der Waals surface area contributed by atoms with Gasteiger partial charge in [-0.1, -0.05) is 11.6 Å². The number of rotatable bonds is 3. The van der Waals surface area contributed by atoms with E-state index >= 15 is 0 Å². The third-order valence-corrected chi connectivity index (χ3v) is 3.88. The molecule has 0 bridgehead atoms. The van der Waals surface area contributed by atoms with Crippen LogP contribution in [0.2, 0.25) is 5.02 Å². The average Bonchev–Trinajstić information content (AvgIpc) is 2.37. The van der Waals surface area contributed by atoms with Crippen LogP contribution in [0.4, 0.5) is 4.39 Å². The van der Waals surface area contributed by atoms with Crippen molar-refractivity contribution < 1.29 is 9.13 Å². The molecule has 2 rings (SSSR count). The summed E-state index contributed by atoms with van der Waals surface area (Å²) in [4.78, 5) is 0. The van der Waals surface area contributed by atoms with Crippen LogP contribution < -0.4 is 10.1 Å². The molecule has 1 aromatic carbocycles. The first-order valence-corrected chi connectivity index (χ1v) is 6.73. The lowest BCUT2D eigenvalue weighted by Crippen LogP contribution is -2.29. The summed E-state index contributed by atoms with van der Waals surface area (Å²) >= 11 is 5.92. The summed E-state index contributed by atoms with van der Waals surface area (Å²) in [5.41, 5.74) is 1.53. The van der Waals surface area contributed by atoms with E-state index in [0.29, 0.717) is 23.7 Å². The normalized spacial score (nSPS) is 16.9. The zero-order chi connectivity index (χ0) is 13.1. The molecular formula is C14H19ClFNO. The minimum Gasteiger partial charge on any atom is -0.496 e. The van der Waals surface area contributed by atoms with Gasteiger partial charge in [0.2, 0.25) is 0 Å². The van der Waals surface area contributed by atoms with Crippen LogP contribution in [0.1, 0.15) is 24.0 Å². The highest BCUT2D eigenvalue weighted by atomic mass is 35.5. The van der Waals surface area contributed by atoms with Crippen LogP contribution in [0.5, 0.6) is 5.75 Å². The summed E-state index contributed by atoms with van der Waals surface area (Å²) in [5, 5.41) is 3.51. The van der Waals surface area contributed by atoms with Gasteiger partial charge in [-0.05, 0) is 56.8 Å². The Balaban J connectivity index is 2.29. The Morgan fingerprint density at radius 1 is 1.44 bits per heavy atom. The molecule has 0 spiro atoms. The van der Waals surface area contributed by atoms with Gasteiger partial charge in [0.25, 0.3) is 0 Å². The van der Waals surface area contributed by atoms with E-state index in [1.165, 1.54) is 0 Å². The van der Waals surface area contributed by atoms with Crippen LogP contribution in [0.15, 0.2) is 6.07 Å². The second-order valence-electron chi connectivity index (χ2n) is 4.90. The number of piperidine rings is 1. The molecule has 18 heavy (non-hydrogen) atoms. The number of benzene rings is 1. The van der Waals surface area contributed by atoms with Crippen molar-refractivity contribution in [1.29, 1.82) is 0 Å². The minimum absolute atomic E-state index is 0.192. The van der Waals surface area contributed by atoms with Crippen LogP contribution in [-0.2, 0) is 6.42 Å². The lowest BCUT2D eigenvalue weighted by molar-refractivity contribution is 0.354. The Bertz CT molecular complexity index is 430. The molecular weight excluding hydrogens is 253 g/mol. The number of aryl methyl sites for hydroxylation is 1. The van der Waals surface area contributed by atoms with Crippen LogP contribution in [0, 0.1) is 18.7 Å². The van der Waals surface area contributed by atoms with Crippen molar-refractivity contribution in [2.45, 2.75) is 26.2 Å². The molecule has 100 valence electrons. The average molecular weight is 272 g/mol. The summed E-state index contributed by atoms with van der Waals surface area (Å²) in [5.74, 6) is 0.834. The lowest BCUT2D eigenvalue weighted by Gasteiger charge is -2.24. The number of nitrogens with one attached hydrogen (secondary N) is 1. The van der Waals surface area contributed by atoms with E-state index in [0.717, 1.165) is 31.5 Å². The summed E-state index contributed by atoms with van der Waals surface area (Å²) in [6.45, 7) is 3.92. The summed E-state index contributed by atoms with van der Waals surface area (Å²) in [7, 11) is 1.58. The van der Waals surface area contributed by atoms with Gasteiger partial charge in [-0.2, -0.15) is 0 Å². The number of hydrogen-bond acceptors (Lipinski definition) is 2. The van der Waals surface area contributed by atoms with E-state index in [1.54, 1.807) is 13.2 Å². The van der Waals surface area contributed by atoms with Gasteiger partial charge in [-0.3, -0.25) is 0 Å². The molecule has 0 atom stereocenters. The Hall–Kier alpha value is -0.800. The maximum absolute atomic E-state index is 14.2. The molecule has 2 nitrogen and oxygen atoms in total. The Morgan fingerprint density at radius 3 is 2.72 bits per heavy atom. The number of ether oxygens (including phenoxy) is 1. The van der Waals surface area contributed by atoms with Crippen molar-refractivity contribution >= 4 is 11.6 Å². The monoisotopic (exact) mass is 271 g/mol. The molecule has 1 saturated heterocycles. The molecule has 1 fully saturated rings. The van der Waals surface area contributed by atoms with Gasteiger partial charge in [0, 0.05) is 5.56 Å². The van der Waals surface area contributed by atoms with Gasteiger partial charge >= 0.3 is 0 Å². The fourth-order valence-corrected chi connectivity index (χ4v) is 2.92. The first-order valence-electron chi connectivity index (χ1n) is 6.35. The standard InChI is InChI=1S/C14H19ClFNO/c1-9-7-12(15)13(16)11(14(9)18-2)8-10-3-5-17-6-4-10/h7,10,17H,3-6,8H2,1-2H3. The quantitative estimate of drug-likeness (QED) is 0.910. The largest absolute Gasteiger partial charge is 0.496 e. The molecule has 0 unspecified atom stereocenters. The summed E-state index contributed by atoms with van der Waals surface area (Å²) in [6, 6.07) is 1.63. The third kappa shape index (κ3) is 2.78. The topological polar surface area (TPSA) is 21.3 Å². The highest BCUT2D eigenvalue weighted by Crippen LogP contribution is 2.34. The van der Waals surface area contributed by atoms with E-state index in [9.17, 15) is 4.39 Å². The first-order chi connectivity index (χ1) is 8.63. The number of halogens is 2. The Kier molecular flexibility index (Phi) is 4.46.